The fourth-order valence-electron chi connectivity index (χ4n) is 2.60. The first-order valence-electron chi connectivity index (χ1n) is 7.83. The molecule has 0 aliphatic rings. The average molecular weight is 472 g/mol. The van der Waals surface area contributed by atoms with E-state index in [9.17, 15) is 4.79 Å². The molecule has 1 heterocycles. The molecule has 0 N–H and O–H groups in total. The van der Waals surface area contributed by atoms with Crippen LogP contribution in [0.5, 0.6) is 0 Å². The highest BCUT2D eigenvalue weighted by Crippen LogP contribution is 2.17. The van der Waals surface area contributed by atoms with Crippen molar-refractivity contribution in [2.24, 2.45) is 4.99 Å². The molecule has 0 saturated heterocycles. The summed E-state index contributed by atoms with van der Waals surface area (Å²) in [5.74, 6) is 0. The van der Waals surface area contributed by atoms with Gasteiger partial charge in [-0.1, -0.05) is 44.0 Å². The second kappa shape index (κ2) is 7.05. The summed E-state index contributed by atoms with van der Waals surface area (Å²) >= 11 is 6.82. The summed E-state index contributed by atoms with van der Waals surface area (Å²) in [5.41, 5.74) is 1.92. The normalized spacial score (nSPS) is 11.8. The maximum atomic E-state index is 13.1. The summed E-state index contributed by atoms with van der Waals surface area (Å²) in [6.45, 7) is 0. The van der Waals surface area contributed by atoms with E-state index in [-0.39, 0.29) is 11.2 Å². The molecule has 0 radical (unpaired) electrons. The SMILES string of the molecule is O=c1c2ccccc2oc(=Nc2ccc(Br)cc2)n1-c1ccc(Br)cc1. The summed E-state index contributed by atoms with van der Waals surface area (Å²) in [5, 5.41) is 0.505. The Balaban J connectivity index is 2.07. The Morgan fingerprint density at radius 1 is 0.808 bits per heavy atom. The van der Waals surface area contributed by atoms with Gasteiger partial charge in [0.1, 0.15) is 5.58 Å². The van der Waals surface area contributed by atoms with Crippen LogP contribution in [0.3, 0.4) is 0 Å². The van der Waals surface area contributed by atoms with Crippen molar-refractivity contribution in [1.29, 1.82) is 0 Å². The fourth-order valence-corrected chi connectivity index (χ4v) is 3.13. The number of fused-ring (bicyclic) bond motifs is 1. The smallest absolute Gasteiger partial charge is 0.310 e. The van der Waals surface area contributed by atoms with Gasteiger partial charge in [0.25, 0.3) is 5.56 Å². The van der Waals surface area contributed by atoms with Crippen LogP contribution in [0.4, 0.5) is 5.69 Å². The molecule has 4 rings (SSSR count). The van der Waals surface area contributed by atoms with Crippen molar-refractivity contribution >= 4 is 48.5 Å². The molecular formula is C20H12Br2N2O2. The van der Waals surface area contributed by atoms with Crippen LogP contribution >= 0.6 is 31.9 Å². The summed E-state index contributed by atoms with van der Waals surface area (Å²) in [6, 6.07) is 22.1. The first kappa shape index (κ1) is 17.0. The van der Waals surface area contributed by atoms with Crippen LogP contribution in [-0.4, -0.2) is 4.57 Å². The second-order valence-electron chi connectivity index (χ2n) is 5.59. The van der Waals surface area contributed by atoms with E-state index in [0.717, 1.165) is 8.95 Å². The number of benzene rings is 3. The maximum absolute atomic E-state index is 13.1. The topological polar surface area (TPSA) is 47.5 Å². The lowest BCUT2D eigenvalue weighted by atomic mass is 10.2. The van der Waals surface area contributed by atoms with Crippen molar-refractivity contribution in [3.8, 4) is 5.69 Å². The summed E-state index contributed by atoms with van der Waals surface area (Å²) in [6.07, 6.45) is 0. The van der Waals surface area contributed by atoms with Crippen LogP contribution in [0.15, 0.2) is 95.9 Å². The van der Waals surface area contributed by atoms with Gasteiger partial charge in [-0.15, -0.1) is 0 Å². The highest BCUT2D eigenvalue weighted by atomic mass is 79.9. The highest BCUT2D eigenvalue weighted by Gasteiger charge is 2.10. The second-order valence-corrected chi connectivity index (χ2v) is 7.42. The van der Waals surface area contributed by atoms with Gasteiger partial charge in [-0.2, -0.15) is 4.99 Å². The van der Waals surface area contributed by atoms with Crippen LogP contribution in [0, 0.1) is 0 Å². The summed E-state index contributed by atoms with van der Waals surface area (Å²) in [7, 11) is 0. The van der Waals surface area contributed by atoms with Crippen LogP contribution in [-0.2, 0) is 0 Å². The van der Waals surface area contributed by atoms with Gasteiger partial charge in [0.2, 0.25) is 0 Å². The zero-order valence-electron chi connectivity index (χ0n) is 13.4. The summed E-state index contributed by atoms with van der Waals surface area (Å²) < 4.78 is 9.33. The summed E-state index contributed by atoms with van der Waals surface area (Å²) in [4.78, 5) is 17.7. The van der Waals surface area contributed by atoms with Gasteiger partial charge in [0.05, 0.1) is 16.8 Å². The van der Waals surface area contributed by atoms with Gasteiger partial charge < -0.3 is 4.42 Å². The van der Waals surface area contributed by atoms with Crippen LogP contribution in [0.25, 0.3) is 16.7 Å². The van der Waals surface area contributed by atoms with Gasteiger partial charge in [-0.05, 0) is 60.7 Å². The zero-order chi connectivity index (χ0) is 18.1. The molecule has 0 amide bonds. The molecule has 0 aliphatic heterocycles. The lowest BCUT2D eigenvalue weighted by Gasteiger charge is -2.08. The maximum Gasteiger partial charge on any atom is 0.310 e. The quantitative estimate of drug-likeness (QED) is 0.396. The Labute approximate surface area is 165 Å². The molecular weight excluding hydrogens is 460 g/mol. The first-order valence-corrected chi connectivity index (χ1v) is 9.41. The molecule has 0 unspecified atom stereocenters. The van der Waals surface area contributed by atoms with Crippen LogP contribution < -0.4 is 11.2 Å². The van der Waals surface area contributed by atoms with Gasteiger partial charge in [0, 0.05) is 8.95 Å². The molecule has 0 atom stereocenters. The minimum absolute atomic E-state index is 0.176. The Hall–Kier alpha value is -2.44. The van der Waals surface area contributed by atoms with Crippen molar-refractivity contribution in [2.75, 3.05) is 0 Å². The van der Waals surface area contributed by atoms with Gasteiger partial charge >= 0.3 is 5.68 Å². The predicted octanol–water partition coefficient (Wildman–Crippen LogP) is 5.34. The lowest BCUT2D eigenvalue weighted by molar-refractivity contribution is 0.486. The first-order chi connectivity index (χ1) is 12.6. The minimum atomic E-state index is -0.176. The van der Waals surface area contributed by atoms with Crippen molar-refractivity contribution < 1.29 is 4.42 Å². The van der Waals surface area contributed by atoms with E-state index in [1.165, 1.54) is 4.57 Å². The highest BCUT2D eigenvalue weighted by molar-refractivity contribution is 9.10. The molecule has 128 valence electrons. The Morgan fingerprint density at radius 2 is 1.42 bits per heavy atom. The van der Waals surface area contributed by atoms with Gasteiger partial charge in [-0.3, -0.25) is 4.79 Å². The number of nitrogens with zero attached hydrogens (tertiary/aromatic N) is 2. The third-order valence-corrected chi connectivity index (χ3v) is 4.91. The monoisotopic (exact) mass is 470 g/mol. The standard InChI is InChI=1S/C20H12Br2N2O2/c21-13-5-9-15(10-6-13)23-20-24(16-11-7-14(22)8-12-16)19(25)17-3-1-2-4-18(17)26-20/h1-12H. The molecule has 3 aromatic carbocycles. The van der Waals surface area contributed by atoms with E-state index in [1.54, 1.807) is 12.1 Å². The number of aromatic nitrogens is 1. The van der Waals surface area contributed by atoms with E-state index in [1.807, 2.05) is 60.7 Å². The average Bonchev–Trinajstić information content (AvgIpc) is 2.65. The Morgan fingerprint density at radius 3 is 2.12 bits per heavy atom. The number of hydrogen-bond acceptors (Lipinski definition) is 3. The van der Waals surface area contributed by atoms with Gasteiger partial charge in [0.15, 0.2) is 0 Å². The van der Waals surface area contributed by atoms with Crippen molar-refractivity contribution in [3.63, 3.8) is 0 Å². The number of hydrogen-bond donors (Lipinski definition) is 0. The molecule has 0 fully saturated rings. The molecule has 1 aromatic heterocycles. The lowest BCUT2D eigenvalue weighted by Crippen LogP contribution is -2.31. The largest absolute Gasteiger partial charge is 0.424 e. The third-order valence-electron chi connectivity index (χ3n) is 3.85. The number of para-hydroxylation sites is 1. The van der Waals surface area contributed by atoms with Crippen LogP contribution in [0.2, 0.25) is 0 Å². The van der Waals surface area contributed by atoms with Crippen molar-refractivity contribution in [1.82, 2.24) is 4.57 Å². The van der Waals surface area contributed by atoms with E-state index >= 15 is 0 Å². The van der Waals surface area contributed by atoms with Gasteiger partial charge in [-0.25, -0.2) is 4.57 Å². The van der Waals surface area contributed by atoms with E-state index in [4.69, 9.17) is 4.42 Å². The predicted molar refractivity (Wildman–Crippen MR) is 109 cm³/mol. The van der Waals surface area contributed by atoms with E-state index < -0.39 is 0 Å². The van der Waals surface area contributed by atoms with Crippen molar-refractivity contribution in [3.05, 3.63) is 97.8 Å². The third kappa shape index (κ3) is 3.30. The van der Waals surface area contributed by atoms with E-state index in [2.05, 4.69) is 36.9 Å². The molecule has 4 aromatic rings. The van der Waals surface area contributed by atoms with E-state index in [0.29, 0.717) is 22.3 Å². The zero-order valence-corrected chi connectivity index (χ0v) is 16.6. The molecule has 4 nitrogen and oxygen atoms in total. The fraction of sp³-hybridized carbons (Fsp3) is 0. The molecule has 0 aliphatic carbocycles. The number of halogens is 2. The molecule has 6 heteroatoms. The molecule has 0 bridgehead atoms. The van der Waals surface area contributed by atoms with Crippen molar-refractivity contribution in [2.45, 2.75) is 0 Å². The minimum Gasteiger partial charge on any atom is -0.424 e. The molecule has 0 saturated carbocycles. The molecule has 26 heavy (non-hydrogen) atoms. The van der Waals surface area contributed by atoms with Crippen LogP contribution in [0.1, 0.15) is 0 Å². The number of rotatable bonds is 2. The Bertz CT molecular complexity index is 1210. The Kier molecular flexibility index (Phi) is 4.61. The molecule has 0 spiro atoms.